The lowest BCUT2D eigenvalue weighted by Gasteiger charge is -2.09. The van der Waals surface area contributed by atoms with E-state index in [4.69, 9.17) is 0 Å². The quantitative estimate of drug-likeness (QED) is 0.755. The Kier molecular flexibility index (Phi) is 3.30. The molecule has 1 heterocycles. The van der Waals surface area contributed by atoms with Crippen LogP contribution >= 0.6 is 23.1 Å². The van der Waals surface area contributed by atoms with Gasteiger partial charge in [0, 0.05) is 17.8 Å². The molecule has 0 aliphatic heterocycles. The molecule has 1 atom stereocenters. The third-order valence-electron chi connectivity index (χ3n) is 2.08. The number of thiophene rings is 1. The minimum absolute atomic E-state index is 0.694. The van der Waals surface area contributed by atoms with Gasteiger partial charge in [-0.05, 0) is 24.3 Å². The van der Waals surface area contributed by atoms with Crippen molar-refractivity contribution < 1.29 is 0 Å². The van der Waals surface area contributed by atoms with Crippen molar-refractivity contribution in [2.24, 2.45) is 0 Å². The molecule has 0 amide bonds. The zero-order chi connectivity index (χ0) is 9.10. The molecule has 2 rings (SSSR count). The summed E-state index contributed by atoms with van der Waals surface area (Å²) in [6, 6.07) is 5.16. The van der Waals surface area contributed by atoms with Gasteiger partial charge in [-0.3, -0.25) is 0 Å². The molecule has 13 heavy (non-hydrogen) atoms. The standard InChI is InChI=1S/C10H15NS2/c1-8(7-11-9-4-5-9)13-10-3-2-6-12-10/h2-3,6,8-9,11H,4-5,7H2,1H3. The molecule has 0 bridgehead atoms. The summed E-state index contributed by atoms with van der Waals surface area (Å²) in [6.07, 6.45) is 2.77. The van der Waals surface area contributed by atoms with E-state index in [0.29, 0.717) is 5.25 Å². The molecule has 1 aliphatic rings. The van der Waals surface area contributed by atoms with Crippen molar-refractivity contribution in [3.8, 4) is 0 Å². The summed E-state index contributed by atoms with van der Waals surface area (Å²) in [5.41, 5.74) is 0. The van der Waals surface area contributed by atoms with Crippen LogP contribution in [0.4, 0.5) is 0 Å². The van der Waals surface area contributed by atoms with Crippen molar-refractivity contribution in [2.75, 3.05) is 6.54 Å². The fraction of sp³-hybridized carbons (Fsp3) is 0.600. The van der Waals surface area contributed by atoms with E-state index in [-0.39, 0.29) is 0 Å². The molecule has 0 radical (unpaired) electrons. The van der Waals surface area contributed by atoms with E-state index in [9.17, 15) is 0 Å². The van der Waals surface area contributed by atoms with E-state index in [1.54, 1.807) is 0 Å². The van der Waals surface area contributed by atoms with Gasteiger partial charge in [-0.2, -0.15) is 0 Å². The number of rotatable bonds is 5. The van der Waals surface area contributed by atoms with Crippen molar-refractivity contribution in [1.29, 1.82) is 0 Å². The van der Waals surface area contributed by atoms with Crippen molar-refractivity contribution in [3.05, 3.63) is 17.5 Å². The highest BCUT2D eigenvalue weighted by Gasteiger charge is 2.20. The summed E-state index contributed by atoms with van der Waals surface area (Å²) in [6.45, 7) is 3.44. The SMILES string of the molecule is CC(CNC1CC1)Sc1cccs1. The molecule has 72 valence electrons. The molecule has 1 aromatic heterocycles. The predicted octanol–water partition coefficient (Wildman–Crippen LogP) is 2.98. The summed E-state index contributed by atoms with van der Waals surface area (Å²) in [5.74, 6) is 0. The first kappa shape index (κ1) is 9.56. The lowest BCUT2D eigenvalue weighted by molar-refractivity contribution is 0.679. The zero-order valence-electron chi connectivity index (χ0n) is 7.82. The molecule has 1 N–H and O–H groups in total. The molecule has 1 fully saturated rings. The fourth-order valence-corrected chi connectivity index (χ4v) is 3.25. The Morgan fingerprint density at radius 3 is 3.15 bits per heavy atom. The van der Waals surface area contributed by atoms with E-state index in [1.807, 2.05) is 23.1 Å². The van der Waals surface area contributed by atoms with Crippen molar-refractivity contribution in [3.63, 3.8) is 0 Å². The Morgan fingerprint density at radius 2 is 2.54 bits per heavy atom. The zero-order valence-corrected chi connectivity index (χ0v) is 9.46. The van der Waals surface area contributed by atoms with Crippen LogP contribution in [0.3, 0.4) is 0 Å². The molecule has 1 aliphatic carbocycles. The predicted molar refractivity (Wildman–Crippen MR) is 60.7 cm³/mol. The van der Waals surface area contributed by atoms with Crippen LogP contribution in [0, 0.1) is 0 Å². The number of hydrogen-bond donors (Lipinski definition) is 1. The van der Waals surface area contributed by atoms with Crippen LogP contribution in [0.15, 0.2) is 21.7 Å². The minimum atomic E-state index is 0.694. The first-order chi connectivity index (χ1) is 6.34. The molecule has 1 saturated carbocycles. The molecule has 1 aromatic rings. The van der Waals surface area contributed by atoms with Crippen LogP contribution in [0.5, 0.6) is 0 Å². The van der Waals surface area contributed by atoms with Gasteiger partial charge in [0.15, 0.2) is 0 Å². The molecular formula is C10H15NS2. The van der Waals surface area contributed by atoms with E-state index in [2.05, 4.69) is 29.8 Å². The van der Waals surface area contributed by atoms with Gasteiger partial charge in [0.25, 0.3) is 0 Å². The first-order valence-corrected chi connectivity index (χ1v) is 6.54. The molecule has 0 spiro atoms. The van der Waals surface area contributed by atoms with Gasteiger partial charge in [0.2, 0.25) is 0 Å². The second-order valence-electron chi connectivity index (χ2n) is 3.54. The summed E-state index contributed by atoms with van der Waals surface area (Å²) in [4.78, 5) is 0. The topological polar surface area (TPSA) is 12.0 Å². The normalized spacial score (nSPS) is 18.8. The van der Waals surface area contributed by atoms with Gasteiger partial charge in [-0.1, -0.05) is 13.0 Å². The van der Waals surface area contributed by atoms with Crippen molar-refractivity contribution in [2.45, 2.75) is 35.3 Å². The molecular weight excluding hydrogens is 198 g/mol. The second-order valence-corrected chi connectivity index (χ2v) is 6.23. The van der Waals surface area contributed by atoms with Gasteiger partial charge < -0.3 is 5.32 Å². The fourth-order valence-electron chi connectivity index (χ4n) is 1.19. The van der Waals surface area contributed by atoms with E-state index in [1.165, 1.54) is 17.1 Å². The molecule has 0 aromatic carbocycles. The Labute approximate surface area is 87.9 Å². The Bertz CT molecular complexity index is 241. The third-order valence-corrected chi connectivity index (χ3v) is 4.26. The highest BCUT2D eigenvalue weighted by atomic mass is 32.2. The highest BCUT2D eigenvalue weighted by Crippen LogP contribution is 2.28. The van der Waals surface area contributed by atoms with Crippen molar-refractivity contribution in [1.82, 2.24) is 5.32 Å². The van der Waals surface area contributed by atoms with Crippen LogP contribution < -0.4 is 5.32 Å². The lowest BCUT2D eigenvalue weighted by atomic mass is 10.4. The highest BCUT2D eigenvalue weighted by molar-refractivity contribution is 8.01. The molecule has 1 nitrogen and oxygen atoms in total. The second kappa shape index (κ2) is 4.49. The Balaban J connectivity index is 1.68. The van der Waals surface area contributed by atoms with E-state index < -0.39 is 0 Å². The maximum absolute atomic E-state index is 3.55. The monoisotopic (exact) mass is 213 g/mol. The van der Waals surface area contributed by atoms with Crippen LogP contribution in [0.25, 0.3) is 0 Å². The Morgan fingerprint density at radius 1 is 1.69 bits per heavy atom. The summed E-state index contributed by atoms with van der Waals surface area (Å²) in [7, 11) is 0. The lowest BCUT2D eigenvalue weighted by Crippen LogP contribution is -2.24. The van der Waals surface area contributed by atoms with E-state index >= 15 is 0 Å². The largest absolute Gasteiger partial charge is 0.313 e. The van der Waals surface area contributed by atoms with Crippen LogP contribution in [0.2, 0.25) is 0 Å². The van der Waals surface area contributed by atoms with E-state index in [0.717, 1.165) is 12.6 Å². The van der Waals surface area contributed by atoms with Gasteiger partial charge in [0.1, 0.15) is 0 Å². The number of nitrogens with one attached hydrogen (secondary N) is 1. The third kappa shape index (κ3) is 3.33. The van der Waals surface area contributed by atoms with Gasteiger partial charge >= 0.3 is 0 Å². The summed E-state index contributed by atoms with van der Waals surface area (Å²) < 4.78 is 1.44. The average Bonchev–Trinajstić information content (AvgIpc) is 2.82. The summed E-state index contributed by atoms with van der Waals surface area (Å²) in [5, 5.41) is 6.39. The molecule has 3 heteroatoms. The van der Waals surface area contributed by atoms with Crippen LogP contribution in [0.1, 0.15) is 19.8 Å². The van der Waals surface area contributed by atoms with Gasteiger partial charge in [-0.15, -0.1) is 23.1 Å². The molecule has 0 saturated heterocycles. The van der Waals surface area contributed by atoms with Gasteiger partial charge in [-0.25, -0.2) is 0 Å². The minimum Gasteiger partial charge on any atom is -0.313 e. The maximum Gasteiger partial charge on any atom is 0.0601 e. The first-order valence-electron chi connectivity index (χ1n) is 4.78. The summed E-state index contributed by atoms with van der Waals surface area (Å²) >= 11 is 3.81. The van der Waals surface area contributed by atoms with Crippen LogP contribution in [-0.4, -0.2) is 17.8 Å². The number of hydrogen-bond acceptors (Lipinski definition) is 3. The maximum atomic E-state index is 3.55. The van der Waals surface area contributed by atoms with Crippen LogP contribution in [-0.2, 0) is 0 Å². The Hall–Kier alpha value is 0.01000. The average molecular weight is 213 g/mol. The number of thioether (sulfide) groups is 1. The molecule has 1 unspecified atom stereocenters. The van der Waals surface area contributed by atoms with Gasteiger partial charge in [0.05, 0.1) is 4.21 Å². The van der Waals surface area contributed by atoms with Crippen molar-refractivity contribution >= 4 is 23.1 Å². The smallest absolute Gasteiger partial charge is 0.0601 e.